The van der Waals surface area contributed by atoms with Gasteiger partial charge in [0.1, 0.15) is 5.76 Å². The van der Waals surface area contributed by atoms with Crippen molar-refractivity contribution in [3.05, 3.63) is 46.8 Å². The average Bonchev–Trinajstić information content (AvgIpc) is 2.79. The molecule has 1 aromatic carbocycles. The number of benzene rings is 1. The van der Waals surface area contributed by atoms with Gasteiger partial charge in [0.15, 0.2) is 0 Å². The molecule has 2 aromatic rings. The molecule has 3 rings (SSSR count). The SMILES string of the molecule is Cc1noc(C)c1CC(=O)N[C@@H]1CCSc2ccccc21. The van der Waals surface area contributed by atoms with E-state index in [2.05, 4.69) is 22.6 Å². The van der Waals surface area contributed by atoms with Crippen LogP contribution in [0.4, 0.5) is 0 Å². The lowest BCUT2D eigenvalue weighted by Crippen LogP contribution is -2.32. The first-order valence-corrected chi connectivity index (χ1v) is 8.06. The molecule has 0 aliphatic carbocycles. The summed E-state index contributed by atoms with van der Waals surface area (Å²) in [5.74, 6) is 1.78. The van der Waals surface area contributed by atoms with Gasteiger partial charge in [-0.05, 0) is 31.9 Å². The Morgan fingerprint density at radius 3 is 3.00 bits per heavy atom. The summed E-state index contributed by atoms with van der Waals surface area (Å²) in [5.41, 5.74) is 2.91. The first-order valence-electron chi connectivity index (χ1n) is 7.08. The third-order valence-electron chi connectivity index (χ3n) is 3.81. The topological polar surface area (TPSA) is 55.1 Å². The summed E-state index contributed by atoms with van der Waals surface area (Å²) in [6.07, 6.45) is 1.29. The molecular weight excluding hydrogens is 284 g/mol. The molecule has 0 spiro atoms. The number of fused-ring (bicyclic) bond motifs is 1. The maximum atomic E-state index is 12.3. The number of carbonyl (C=O) groups is 1. The zero-order chi connectivity index (χ0) is 14.8. The van der Waals surface area contributed by atoms with E-state index in [9.17, 15) is 4.79 Å². The second-order valence-corrected chi connectivity index (χ2v) is 6.41. The number of carbonyl (C=O) groups excluding carboxylic acids is 1. The number of thioether (sulfide) groups is 1. The van der Waals surface area contributed by atoms with Crippen LogP contribution in [-0.4, -0.2) is 16.8 Å². The predicted octanol–water partition coefficient (Wildman–Crippen LogP) is 3.19. The van der Waals surface area contributed by atoms with Crippen LogP contribution in [0.25, 0.3) is 0 Å². The first-order chi connectivity index (χ1) is 10.1. The second kappa shape index (κ2) is 5.93. The van der Waals surface area contributed by atoms with Gasteiger partial charge in [-0.2, -0.15) is 0 Å². The molecule has 2 heterocycles. The normalized spacial score (nSPS) is 17.3. The smallest absolute Gasteiger partial charge is 0.225 e. The van der Waals surface area contributed by atoms with Crippen LogP contribution in [0, 0.1) is 13.8 Å². The Hall–Kier alpha value is -1.75. The fraction of sp³-hybridized carbons (Fsp3) is 0.375. The average molecular weight is 302 g/mol. The molecule has 0 fully saturated rings. The quantitative estimate of drug-likeness (QED) is 0.946. The molecule has 1 atom stereocenters. The van der Waals surface area contributed by atoms with Crippen molar-refractivity contribution in [2.75, 3.05) is 5.75 Å². The number of nitrogens with zero attached hydrogens (tertiary/aromatic N) is 1. The van der Waals surface area contributed by atoms with Crippen molar-refractivity contribution in [1.82, 2.24) is 10.5 Å². The largest absolute Gasteiger partial charge is 0.361 e. The minimum absolute atomic E-state index is 0.0242. The summed E-state index contributed by atoms with van der Waals surface area (Å²) >= 11 is 1.85. The van der Waals surface area contributed by atoms with E-state index in [0.717, 1.165) is 29.2 Å². The Labute approximate surface area is 128 Å². The number of rotatable bonds is 3. The second-order valence-electron chi connectivity index (χ2n) is 5.27. The molecule has 0 unspecified atom stereocenters. The van der Waals surface area contributed by atoms with Crippen LogP contribution in [0.3, 0.4) is 0 Å². The molecular formula is C16H18N2O2S. The van der Waals surface area contributed by atoms with E-state index in [0.29, 0.717) is 6.42 Å². The molecule has 4 nitrogen and oxygen atoms in total. The Morgan fingerprint density at radius 1 is 1.43 bits per heavy atom. The van der Waals surface area contributed by atoms with E-state index >= 15 is 0 Å². The first kappa shape index (κ1) is 14.2. The zero-order valence-electron chi connectivity index (χ0n) is 12.2. The van der Waals surface area contributed by atoms with Crippen molar-refractivity contribution in [2.45, 2.75) is 37.6 Å². The van der Waals surface area contributed by atoms with Crippen LogP contribution in [0.5, 0.6) is 0 Å². The van der Waals surface area contributed by atoms with Crippen LogP contribution >= 0.6 is 11.8 Å². The molecule has 21 heavy (non-hydrogen) atoms. The monoisotopic (exact) mass is 302 g/mol. The lowest BCUT2D eigenvalue weighted by Gasteiger charge is -2.25. The van der Waals surface area contributed by atoms with Gasteiger partial charge >= 0.3 is 0 Å². The van der Waals surface area contributed by atoms with Gasteiger partial charge in [0, 0.05) is 16.2 Å². The van der Waals surface area contributed by atoms with Crippen LogP contribution in [-0.2, 0) is 11.2 Å². The van der Waals surface area contributed by atoms with Crippen molar-refractivity contribution in [1.29, 1.82) is 0 Å². The highest BCUT2D eigenvalue weighted by Crippen LogP contribution is 2.35. The van der Waals surface area contributed by atoms with Crippen LogP contribution in [0.2, 0.25) is 0 Å². The molecule has 1 aliphatic heterocycles. The number of hydrogen-bond acceptors (Lipinski definition) is 4. The summed E-state index contributed by atoms with van der Waals surface area (Å²) < 4.78 is 5.11. The highest BCUT2D eigenvalue weighted by molar-refractivity contribution is 7.99. The van der Waals surface area contributed by atoms with Crippen LogP contribution in [0.1, 0.15) is 35.0 Å². The highest BCUT2D eigenvalue weighted by atomic mass is 32.2. The van der Waals surface area contributed by atoms with Gasteiger partial charge in [-0.1, -0.05) is 23.4 Å². The van der Waals surface area contributed by atoms with Gasteiger partial charge in [-0.15, -0.1) is 11.8 Å². The minimum Gasteiger partial charge on any atom is -0.361 e. The van der Waals surface area contributed by atoms with Crippen LogP contribution in [0.15, 0.2) is 33.7 Å². The number of amides is 1. The van der Waals surface area contributed by atoms with E-state index in [1.54, 1.807) is 0 Å². The Kier molecular flexibility index (Phi) is 4.01. The maximum absolute atomic E-state index is 12.3. The molecule has 0 bridgehead atoms. The maximum Gasteiger partial charge on any atom is 0.225 e. The molecule has 1 aliphatic rings. The van der Waals surface area contributed by atoms with Gasteiger partial charge in [-0.3, -0.25) is 4.79 Å². The number of nitrogens with one attached hydrogen (secondary N) is 1. The summed E-state index contributed by atoms with van der Waals surface area (Å²) in [5, 5.41) is 7.04. The molecule has 1 N–H and O–H groups in total. The summed E-state index contributed by atoms with van der Waals surface area (Å²) in [7, 11) is 0. The summed E-state index contributed by atoms with van der Waals surface area (Å²) in [4.78, 5) is 13.6. The van der Waals surface area contributed by atoms with Crippen molar-refractivity contribution < 1.29 is 9.32 Å². The number of aromatic nitrogens is 1. The van der Waals surface area contributed by atoms with Gasteiger partial charge in [0.25, 0.3) is 0 Å². The van der Waals surface area contributed by atoms with E-state index in [4.69, 9.17) is 4.52 Å². The van der Waals surface area contributed by atoms with Gasteiger partial charge in [0.2, 0.25) is 5.91 Å². The third kappa shape index (κ3) is 2.97. The Morgan fingerprint density at radius 2 is 2.24 bits per heavy atom. The Bertz CT molecular complexity index is 647. The molecule has 0 radical (unpaired) electrons. The third-order valence-corrected chi connectivity index (χ3v) is 4.93. The summed E-state index contributed by atoms with van der Waals surface area (Å²) in [6.45, 7) is 3.71. The molecule has 1 amide bonds. The molecule has 110 valence electrons. The lowest BCUT2D eigenvalue weighted by molar-refractivity contribution is -0.121. The molecule has 1 aromatic heterocycles. The standard InChI is InChI=1S/C16H18N2O2S/c1-10-13(11(2)20-18-10)9-16(19)17-14-7-8-21-15-6-4-3-5-12(14)15/h3-6,14H,7-9H2,1-2H3,(H,17,19)/t14-/m1/s1. The van der Waals surface area contributed by atoms with Crippen molar-refractivity contribution in [3.63, 3.8) is 0 Å². The minimum atomic E-state index is 0.0242. The molecule has 5 heteroatoms. The van der Waals surface area contributed by atoms with E-state index in [1.165, 1.54) is 10.5 Å². The highest BCUT2D eigenvalue weighted by Gasteiger charge is 2.23. The fourth-order valence-corrected chi connectivity index (χ4v) is 3.78. The van der Waals surface area contributed by atoms with Crippen LogP contribution < -0.4 is 5.32 Å². The predicted molar refractivity (Wildman–Crippen MR) is 82.3 cm³/mol. The zero-order valence-corrected chi connectivity index (χ0v) is 13.0. The van der Waals surface area contributed by atoms with Gasteiger partial charge in [-0.25, -0.2) is 0 Å². The molecule has 0 saturated heterocycles. The Balaban J connectivity index is 1.72. The summed E-state index contributed by atoms with van der Waals surface area (Å²) in [6, 6.07) is 8.39. The molecule has 0 saturated carbocycles. The number of aryl methyl sites for hydroxylation is 2. The van der Waals surface area contributed by atoms with Crippen molar-refractivity contribution in [2.24, 2.45) is 0 Å². The lowest BCUT2D eigenvalue weighted by atomic mass is 10.0. The van der Waals surface area contributed by atoms with Gasteiger partial charge in [0.05, 0.1) is 18.2 Å². The van der Waals surface area contributed by atoms with E-state index in [1.807, 2.05) is 37.7 Å². The number of hydrogen-bond donors (Lipinski definition) is 1. The van der Waals surface area contributed by atoms with E-state index < -0.39 is 0 Å². The van der Waals surface area contributed by atoms with E-state index in [-0.39, 0.29) is 11.9 Å². The van der Waals surface area contributed by atoms with Gasteiger partial charge < -0.3 is 9.84 Å². The fourth-order valence-electron chi connectivity index (χ4n) is 2.65. The van der Waals surface area contributed by atoms with Crippen molar-refractivity contribution in [3.8, 4) is 0 Å². The van der Waals surface area contributed by atoms with Crippen molar-refractivity contribution >= 4 is 17.7 Å².